The normalized spacial score (nSPS) is 18.5. The number of carbonyl (C=O) groups excluding carboxylic acids is 3. The Hall–Kier alpha value is -1.81. The Kier molecular flexibility index (Phi) is 10.5. The number of nitrogens with zero attached hydrogens (tertiary/aromatic N) is 2. The summed E-state index contributed by atoms with van der Waals surface area (Å²) in [4.78, 5) is 41.8. The van der Waals surface area contributed by atoms with Gasteiger partial charge in [-0.25, -0.2) is 4.79 Å². The van der Waals surface area contributed by atoms with E-state index < -0.39 is 32.2 Å². The molecule has 2 rings (SSSR count). The quantitative estimate of drug-likeness (QED) is 0.343. The molecule has 1 saturated heterocycles. The number of carbonyl (C=O) groups is 3. The van der Waals surface area contributed by atoms with Gasteiger partial charge in [-0.05, 0) is 63.2 Å². The van der Waals surface area contributed by atoms with Gasteiger partial charge in [0.25, 0.3) is 5.91 Å². The van der Waals surface area contributed by atoms with E-state index in [4.69, 9.17) is 32.4 Å². The lowest BCUT2D eigenvalue weighted by molar-refractivity contribution is -0.132. The summed E-state index contributed by atoms with van der Waals surface area (Å²) in [5, 5.41) is 3.18. The smallest absolute Gasteiger partial charge is 0.407 e. The summed E-state index contributed by atoms with van der Waals surface area (Å²) in [6.45, 7) is 17.1. The maximum Gasteiger partial charge on any atom is 0.407 e. The lowest BCUT2D eigenvalue weighted by atomic mass is 10.1. The number of halogens is 2. The summed E-state index contributed by atoms with van der Waals surface area (Å²) in [5.41, 5.74) is -0.121. The number of ether oxygens (including phenoxy) is 1. The number of hydrogen-bond acceptors (Lipinski definition) is 5. The maximum absolute atomic E-state index is 13.3. The molecule has 1 aliphatic heterocycles. The highest BCUT2D eigenvalue weighted by atomic mass is 35.5. The van der Waals surface area contributed by atoms with Crippen LogP contribution in [-0.4, -0.2) is 85.8 Å². The van der Waals surface area contributed by atoms with Crippen LogP contribution >= 0.6 is 23.2 Å². The monoisotopic (exact) mass is 573 g/mol. The lowest BCUT2D eigenvalue weighted by Crippen LogP contribution is -2.54. The minimum atomic E-state index is -2.25. The predicted molar refractivity (Wildman–Crippen MR) is 150 cm³/mol. The second-order valence-corrected chi connectivity index (χ2v) is 17.3. The van der Waals surface area contributed by atoms with Gasteiger partial charge in [-0.1, -0.05) is 32.4 Å². The van der Waals surface area contributed by atoms with Crippen LogP contribution in [0, 0.1) is 0 Å². The number of likely N-dealkylation sites (tertiary alicyclic amines) is 1. The number of rotatable bonds is 8. The Balaban J connectivity index is 2.29. The Morgan fingerprint density at radius 2 is 1.68 bits per heavy atom. The molecule has 0 bridgehead atoms. The molecule has 0 aliphatic carbocycles. The van der Waals surface area contributed by atoms with Gasteiger partial charge < -0.3 is 24.3 Å². The van der Waals surface area contributed by atoms with Gasteiger partial charge in [0.15, 0.2) is 8.32 Å². The van der Waals surface area contributed by atoms with Crippen molar-refractivity contribution in [3.63, 3.8) is 0 Å². The van der Waals surface area contributed by atoms with E-state index in [9.17, 15) is 14.4 Å². The zero-order valence-electron chi connectivity index (χ0n) is 23.2. The van der Waals surface area contributed by atoms with Crippen LogP contribution in [0.2, 0.25) is 23.2 Å². The second-order valence-electron chi connectivity index (χ2n) is 11.9. The van der Waals surface area contributed by atoms with Gasteiger partial charge >= 0.3 is 6.09 Å². The largest absolute Gasteiger partial charge is 0.444 e. The molecule has 0 aromatic heterocycles. The predicted octanol–water partition coefficient (Wildman–Crippen LogP) is 5.15. The van der Waals surface area contributed by atoms with Crippen molar-refractivity contribution in [2.45, 2.75) is 77.4 Å². The molecule has 0 unspecified atom stereocenters. The van der Waals surface area contributed by atoms with E-state index in [1.54, 1.807) is 54.8 Å². The molecule has 1 aromatic rings. The summed E-state index contributed by atoms with van der Waals surface area (Å²) in [6.07, 6.45) is -0.961. The van der Waals surface area contributed by atoms with E-state index in [1.165, 1.54) is 0 Å². The first-order chi connectivity index (χ1) is 16.9. The van der Waals surface area contributed by atoms with E-state index in [0.717, 1.165) is 0 Å². The van der Waals surface area contributed by atoms with Crippen molar-refractivity contribution in [1.82, 2.24) is 15.1 Å². The Labute approximate surface area is 232 Å². The molecule has 0 radical (unpaired) electrons. The topological polar surface area (TPSA) is 88.2 Å². The minimum absolute atomic E-state index is 0.0647. The van der Waals surface area contributed by atoms with Crippen LogP contribution in [0.4, 0.5) is 4.79 Å². The number of hydrogen-bond donors (Lipinski definition) is 1. The van der Waals surface area contributed by atoms with Gasteiger partial charge in [-0.15, -0.1) is 11.6 Å². The molecule has 208 valence electrons. The van der Waals surface area contributed by atoms with Gasteiger partial charge in [-0.3, -0.25) is 9.59 Å². The molecular formula is C26H41Cl2N3O5Si. The van der Waals surface area contributed by atoms with Crippen LogP contribution in [0.25, 0.3) is 0 Å². The first-order valence-corrected chi connectivity index (χ1v) is 16.3. The summed E-state index contributed by atoms with van der Waals surface area (Å²) >= 11 is 12.0. The Bertz CT molecular complexity index is 960. The molecule has 2 atom stereocenters. The van der Waals surface area contributed by atoms with Crippen molar-refractivity contribution in [2.24, 2.45) is 0 Å². The van der Waals surface area contributed by atoms with Crippen molar-refractivity contribution >= 4 is 49.4 Å². The summed E-state index contributed by atoms with van der Waals surface area (Å²) in [7, 11) is -2.25. The van der Waals surface area contributed by atoms with Crippen LogP contribution < -0.4 is 5.32 Å². The fourth-order valence-electron chi connectivity index (χ4n) is 3.81. The van der Waals surface area contributed by atoms with Crippen molar-refractivity contribution in [3.8, 4) is 0 Å². The first-order valence-electron chi connectivity index (χ1n) is 12.5. The first kappa shape index (κ1) is 31.4. The van der Waals surface area contributed by atoms with Crippen LogP contribution in [0.15, 0.2) is 24.3 Å². The highest BCUT2D eigenvalue weighted by Crippen LogP contribution is 2.39. The third-order valence-electron chi connectivity index (χ3n) is 6.72. The third kappa shape index (κ3) is 8.87. The standard InChI is InChI=1S/C26H41Cl2N3O5Si/c1-25(2,3)35-24(34)29-13-14-31(22(32)15-27)20-16-30(23(33)18-9-11-19(28)12-10-18)17-21(20)36-37(7,8)26(4,5)6/h9-12,20-21H,13-17H2,1-8H3,(H,29,34)/t20-,21-/m1/s1. The number of alkyl carbamates (subject to hydrolysis) is 1. The average molecular weight is 575 g/mol. The van der Waals surface area contributed by atoms with E-state index in [2.05, 4.69) is 39.2 Å². The highest BCUT2D eigenvalue weighted by molar-refractivity contribution is 6.74. The van der Waals surface area contributed by atoms with Crippen molar-refractivity contribution < 1.29 is 23.5 Å². The molecule has 1 aliphatic rings. The fraction of sp³-hybridized carbons (Fsp3) is 0.654. The molecule has 0 spiro atoms. The minimum Gasteiger partial charge on any atom is -0.444 e. The summed E-state index contributed by atoms with van der Waals surface area (Å²) in [5.74, 6) is -0.670. The van der Waals surface area contributed by atoms with Crippen molar-refractivity contribution in [3.05, 3.63) is 34.9 Å². The number of alkyl halides is 1. The molecule has 37 heavy (non-hydrogen) atoms. The van der Waals surface area contributed by atoms with Crippen LogP contribution in [0.3, 0.4) is 0 Å². The molecule has 11 heteroatoms. The van der Waals surface area contributed by atoms with Crippen LogP contribution in [0.1, 0.15) is 51.9 Å². The van der Waals surface area contributed by atoms with E-state index in [0.29, 0.717) is 17.1 Å². The van der Waals surface area contributed by atoms with Gasteiger partial charge in [0.2, 0.25) is 5.91 Å². The molecule has 1 fully saturated rings. The Morgan fingerprint density at radius 1 is 1.08 bits per heavy atom. The van der Waals surface area contributed by atoms with E-state index in [1.807, 2.05) is 0 Å². The summed E-state index contributed by atoms with van der Waals surface area (Å²) < 4.78 is 12.1. The molecule has 1 heterocycles. The van der Waals surface area contributed by atoms with Crippen LogP contribution in [-0.2, 0) is 14.0 Å². The van der Waals surface area contributed by atoms with Gasteiger partial charge in [0, 0.05) is 36.8 Å². The number of benzene rings is 1. The SMILES string of the molecule is CC(C)(C)OC(=O)NCCN(C(=O)CCl)[C@@H]1CN(C(=O)c2ccc(Cl)cc2)C[C@H]1O[Si](C)(C)C(C)(C)C. The van der Waals surface area contributed by atoms with Gasteiger partial charge in [-0.2, -0.15) is 0 Å². The van der Waals surface area contributed by atoms with Gasteiger partial charge in [0.05, 0.1) is 12.1 Å². The average Bonchev–Trinajstić information content (AvgIpc) is 3.17. The molecule has 1 N–H and O–H groups in total. The molecule has 0 saturated carbocycles. The summed E-state index contributed by atoms with van der Waals surface area (Å²) in [6, 6.07) is 6.31. The maximum atomic E-state index is 13.3. The van der Waals surface area contributed by atoms with E-state index in [-0.39, 0.29) is 42.4 Å². The second kappa shape index (κ2) is 12.4. The Morgan fingerprint density at radius 3 is 2.19 bits per heavy atom. The lowest BCUT2D eigenvalue weighted by Gasteiger charge is -2.41. The van der Waals surface area contributed by atoms with E-state index >= 15 is 0 Å². The van der Waals surface area contributed by atoms with Crippen molar-refractivity contribution in [2.75, 3.05) is 32.1 Å². The molecule has 8 nitrogen and oxygen atoms in total. The zero-order valence-corrected chi connectivity index (χ0v) is 25.7. The van der Waals surface area contributed by atoms with Gasteiger partial charge in [0.1, 0.15) is 11.5 Å². The van der Waals surface area contributed by atoms with Crippen LogP contribution in [0.5, 0.6) is 0 Å². The fourth-order valence-corrected chi connectivity index (χ4v) is 5.43. The third-order valence-corrected chi connectivity index (χ3v) is 11.7. The zero-order chi connectivity index (χ0) is 28.2. The molecule has 3 amide bonds. The number of nitrogens with one attached hydrogen (secondary N) is 1. The van der Waals surface area contributed by atoms with Crippen molar-refractivity contribution in [1.29, 1.82) is 0 Å². The number of amides is 3. The highest BCUT2D eigenvalue weighted by Gasteiger charge is 2.47. The molecular weight excluding hydrogens is 533 g/mol. The molecule has 1 aromatic carbocycles.